The third-order valence-corrected chi connectivity index (χ3v) is 10.8. The molecule has 20 heteroatoms. The molecule has 0 radical (unpaired) electrons. The molecule has 3 amide bonds. The Morgan fingerprint density at radius 2 is 1.78 bits per heavy atom. The van der Waals surface area contributed by atoms with Gasteiger partial charge < -0.3 is 51.8 Å². The fourth-order valence-corrected chi connectivity index (χ4v) is 8.00. The minimum absolute atomic E-state index is 0.0427. The van der Waals surface area contributed by atoms with Crippen LogP contribution in [0.3, 0.4) is 0 Å². The highest BCUT2D eigenvalue weighted by molar-refractivity contribution is 7.80. The van der Waals surface area contributed by atoms with Gasteiger partial charge in [-0.2, -0.15) is 8.42 Å². The molecule has 1 aromatic carbocycles. The van der Waals surface area contributed by atoms with E-state index in [1.165, 1.54) is 4.90 Å². The van der Waals surface area contributed by atoms with Gasteiger partial charge in [0.05, 0.1) is 12.7 Å². The number of nitrogens with two attached hydrogens (primary N) is 2. The number of aliphatic hydroxyl groups is 3. The third-order valence-electron chi connectivity index (χ3n) is 9.94. The molecule has 4 rings (SSSR count). The summed E-state index contributed by atoms with van der Waals surface area (Å²) in [6, 6.07) is 5.07. The Hall–Kier alpha value is -3.14. The summed E-state index contributed by atoms with van der Waals surface area (Å²) in [4.78, 5) is 48.3. The van der Waals surface area contributed by atoms with Gasteiger partial charge in [-0.05, 0) is 55.9 Å². The molecule has 3 fully saturated rings. The lowest BCUT2D eigenvalue weighted by Gasteiger charge is -2.42. The maximum atomic E-state index is 15.1. The molecule has 1 saturated carbocycles. The number of ether oxygens (including phenoxy) is 2. The second-order valence-electron chi connectivity index (χ2n) is 14.3. The number of carbonyl (C=O) groups excluding carboxylic acids is 3. The number of nitrogens with zero attached hydrogens (tertiary/aromatic N) is 2. The van der Waals surface area contributed by atoms with Crippen molar-refractivity contribution >= 4 is 45.7 Å². The fourth-order valence-electron chi connectivity index (χ4n) is 7.24. The number of benzene rings is 1. The van der Waals surface area contributed by atoms with Gasteiger partial charge in [0.25, 0.3) is 5.91 Å². The van der Waals surface area contributed by atoms with E-state index in [0.29, 0.717) is 50.6 Å². The van der Waals surface area contributed by atoms with Crippen molar-refractivity contribution in [2.75, 3.05) is 19.7 Å². The van der Waals surface area contributed by atoms with Crippen LogP contribution in [0.4, 0.5) is 0 Å². The van der Waals surface area contributed by atoms with E-state index >= 15 is 4.79 Å². The van der Waals surface area contributed by atoms with Gasteiger partial charge in [-0.3, -0.25) is 23.9 Å². The number of amides is 3. The number of carbonyl (C=O) groups is 3. The summed E-state index contributed by atoms with van der Waals surface area (Å²) in [5, 5.41) is 36.3. The van der Waals surface area contributed by atoms with Gasteiger partial charge in [0.1, 0.15) is 30.4 Å². The summed E-state index contributed by atoms with van der Waals surface area (Å²) in [6.45, 7) is 3.53. The first-order valence-corrected chi connectivity index (χ1v) is 19.9. The summed E-state index contributed by atoms with van der Waals surface area (Å²) in [6.07, 6.45) is -6.83. The maximum absolute atomic E-state index is 15.1. The van der Waals surface area contributed by atoms with E-state index in [1.807, 2.05) is 0 Å². The van der Waals surface area contributed by atoms with Crippen LogP contribution >= 0.6 is 11.6 Å². The van der Waals surface area contributed by atoms with Crippen molar-refractivity contribution in [1.29, 1.82) is 0 Å². The Labute approximate surface area is 319 Å². The van der Waals surface area contributed by atoms with Crippen LogP contribution in [0.2, 0.25) is 0 Å². The molecule has 0 aromatic heterocycles. The predicted molar refractivity (Wildman–Crippen MR) is 195 cm³/mol. The van der Waals surface area contributed by atoms with E-state index in [4.69, 9.17) is 36.7 Å². The molecular formula is C34H53ClN6O12S. The van der Waals surface area contributed by atoms with Crippen molar-refractivity contribution in [2.24, 2.45) is 28.3 Å². The standard InChI is InChI=1S/C34H53ClN6O12S/c1-18(2)29(52-33-28(44)27(43)24(42)17-51-33)26(40-31(46)25(53-54(48,49)50)14-19-8-4-3-5-9-19)32(47)41-22-16-21(35)11-10-20(22)15-23(41)30(45)38-12-6-7-13-39-34(36)37/h3-5,8-9,18,20-29,33,42-44H,6-7,10-17H2,1-2H3,(H,38,45)(H,40,46)(H4,36,37,39)(H,48,49,50)/t20?,21?,22?,23?,24-,25?,26-,27?,28?,29+,33-/m1/s1. The van der Waals surface area contributed by atoms with Crippen molar-refractivity contribution in [3.8, 4) is 0 Å². The van der Waals surface area contributed by atoms with Gasteiger partial charge >= 0.3 is 10.4 Å². The molecule has 0 bridgehead atoms. The summed E-state index contributed by atoms with van der Waals surface area (Å²) in [5.74, 6) is -3.08. The van der Waals surface area contributed by atoms with Gasteiger partial charge in [0.15, 0.2) is 18.4 Å². The minimum atomic E-state index is -5.18. The van der Waals surface area contributed by atoms with Crippen molar-refractivity contribution < 1.29 is 56.3 Å². The molecule has 2 saturated heterocycles. The zero-order valence-corrected chi connectivity index (χ0v) is 31.8. The number of halogens is 1. The van der Waals surface area contributed by atoms with Crippen LogP contribution in [0.15, 0.2) is 35.3 Å². The molecule has 54 heavy (non-hydrogen) atoms. The van der Waals surface area contributed by atoms with Crippen LogP contribution in [0.5, 0.6) is 0 Å². The summed E-state index contributed by atoms with van der Waals surface area (Å²) in [5.41, 5.74) is 11.2. The van der Waals surface area contributed by atoms with E-state index in [1.54, 1.807) is 44.2 Å². The van der Waals surface area contributed by atoms with Crippen LogP contribution < -0.4 is 22.1 Å². The molecule has 3 aliphatic rings. The second kappa shape index (κ2) is 19.6. The molecule has 2 aliphatic heterocycles. The third kappa shape index (κ3) is 11.9. The number of unbranched alkanes of at least 4 members (excludes halogenated alkanes) is 1. The zero-order valence-electron chi connectivity index (χ0n) is 30.3. The van der Waals surface area contributed by atoms with Gasteiger partial charge in [-0.15, -0.1) is 11.6 Å². The summed E-state index contributed by atoms with van der Waals surface area (Å²) in [7, 11) is -5.18. The van der Waals surface area contributed by atoms with Crippen molar-refractivity contribution in [3.05, 3.63) is 35.9 Å². The van der Waals surface area contributed by atoms with Crippen LogP contribution in [0.25, 0.3) is 0 Å². The molecule has 1 aliphatic carbocycles. The lowest BCUT2D eigenvalue weighted by molar-refractivity contribution is -0.288. The van der Waals surface area contributed by atoms with Crippen LogP contribution in [0, 0.1) is 11.8 Å². The van der Waals surface area contributed by atoms with Crippen molar-refractivity contribution in [1.82, 2.24) is 15.5 Å². The maximum Gasteiger partial charge on any atom is 0.398 e. The van der Waals surface area contributed by atoms with Crippen molar-refractivity contribution in [3.63, 3.8) is 0 Å². The number of guanidine groups is 1. The minimum Gasteiger partial charge on any atom is -0.388 e. The number of aliphatic hydroxyl groups excluding tert-OH is 3. The number of nitrogens with one attached hydrogen (secondary N) is 2. The highest BCUT2D eigenvalue weighted by Crippen LogP contribution is 2.42. The Morgan fingerprint density at radius 1 is 1.07 bits per heavy atom. The second-order valence-corrected chi connectivity index (χ2v) is 16.0. The van der Waals surface area contributed by atoms with Crippen LogP contribution in [0.1, 0.15) is 57.9 Å². The van der Waals surface area contributed by atoms with E-state index in [0.717, 1.165) is 0 Å². The van der Waals surface area contributed by atoms with Gasteiger partial charge in [0, 0.05) is 30.9 Å². The normalized spacial score (nSPS) is 28.8. The molecule has 304 valence electrons. The summed E-state index contributed by atoms with van der Waals surface area (Å²) < 4.78 is 49.9. The smallest absolute Gasteiger partial charge is 0.388 e. The highest BCUT2D eigenvalue weighted by atomic mass is 35.5. The first kappa shape index (κ1) is 43.6. The number of rotatable bonds is 17. The highest BCUT2D eigenvalue weighted by Gasteiger charge is 2.52. The number of hydrogen-bond donors (Lipinski definition) is 8. The Bertz CT molecular complexity index is 1550. The first-order chi connectivity index (χ1) is 25.5. The van der Waals surface area contributed by atoms with Gasteiger partial charge in [0.2, 0.25) is 11.8 Å². The van der Waals surface area contributed by atoms with Crippen LogP contribution in [-0.4, -0.2) is 137 Å². The van der Waals surface area contributed by atoms with Gasteiger partial charge in [-0.25, -0.2) is 4.18 Å². The SMILES string of the molecule is CC(C)[C@H](O[C@H]1OC[C@@H](O)C(O)C1O)[C@@H](NC(=O)C(Cc1ccccc1)OS(=O)(=O)O)C(=O)N1C(C(=O)NCCCCN=C(N)N)CC2CCC(Cl)CC21. The van der Waals surface area contributed by atoms with E-state index in [-0.39, 0.29) is 30.2 Å². The molecule has 11 atom stereocenters. The lowest BCUT2D eigenvalue weighted by Crippen LogP contribution is -2.64. The van der Waals surface area contributed by atoms with Crippen molar-refractivity contribution in [2.45, 2.75) is 119 Å². The molecular weight excluding hydrogens is 752 g/mol. The van der Waals surface area contributed by atoms with E-state index < -0.39 is 95.6 Å². The average Bonchev–Trinajstić information content (AvgIpc) is 3.48. The molecule has 1 aromatic rings. The Kier molecular flexibility index (Phi) is 15.8. The zero-order chi connectivity index (χ0) is 39.7. The number of alkyl halides is 1. The number of hydrogen-bond acceptors (Lipinski definition) is 12. The average molecular weight is 805 g/mol. The Balaban J connectivity index is 1.70. The van der Waals surface area contributed by atoms with Gasteiger partial charge in [-0.1, -0.05) is 44.2 Å². The monoisotopic (exact) mass is 804 g/mol. The number of fused-ring (bicyclic) bond motifs is 1. The van der Waals surface area contributed by atoms with E-state index in [9.17, 15) is 37.9 Å². The largest absolute Gasteiger partial charge is 0.398 e. The first-order valence-electron chi connectivity index (χ1n) is 18.1. The molecule has 0 spiro atoms. The Morgan fingerprint density at radius 3 is 2.43 bits per heavy atom. The molecule has 18 nitrogen and oxygen atoms in total. The summed E-state index contributed by atoms with van der Waals surface area (Å²) >= 11 is 6.62. The number of likely N-dealkylation sites (tertiary alicyclic amines) is 1. The fraction of sp³-hybridized carbons (Fsp3) is 0.706. The predicted octanol–water partition coefficient (Wildman–Crippen LogP) is -1.07. The van der Waals surface area contributed by atoms with Crippen LogP contribution in [-0.2, 0) is 44.9 Å². The number of aliphatic imine (C=N–C) groups is 1. The topological polar surface area (TPSA) is 286 Å². The quantitative estimate of drug-likeness (QED) is 0.0306. The molecule has 2 heterocycles. The lowest BCUT2D eigenvalue weighted by atomic mass is 9.84. The molecule has 10 N–H and O–H groups in total. The van der Waals surface area contributed by atoms with E-state index in [2.05, 4.69) is 15.6 Å². The molecule has 7 unspecified atom stereocenters.